The van der Waals surface area contributed by atoms with Crippen molar-refractivity contribution < 1.29 is 0 Å². The number of hydrogen-bond acceptors (Lipinski definition) is 2. The van der Waals surface area contributed by atoms with Crippen molar-refractivity contribution in [3.8, 4) is 0 Å². The van der Waals surface area contributed by atoms with Gasteiger partial charge < -0.3 is 5.32 Å². The third kappa shape index (κ3) is 1.12. The first-order valence-electron chi connectivity index (χ1n) is 15.5. The average Bonchev–Trinajstić information content (AvgIpc) is 3.71. The summed E-state index contributed by atoms with van der Waals surface area (Å²) in [5.74, 6) is 9.14. The first kappa shape index (κ1) is 19.4. The van der Waals surface area contributed by atoms with E-state index in [0.717, 1.165) is 80.3 Å². The summed E-state index contributed by atoms with van der Waals surface area (Å²) in [7, 11) is 1.30. The van der Waals surface area contributed by atoms with Crippen LogP contribution in [-0.2, 0) is 0 Å². The van der Waals surface area contributed by atoms with Crippen LogP contribution in [-0.4, -0.2) is 45.1 Å². The fraction of sp³-hybridized carbons (Fsp3) is 1.00. The highest BCUT2D eigenvalue weighted by Crippen LogP contribution is 3.33. The predicted molar refractivity (Wildman–Crippen MR) is 141 cm³/mol. The number of rotatable bonds is 2. The Kier molecular flexibility index (Phi) is 2.55. The lowest BCUT2D eigenvalue weighted by Crippen LogP contribution is -2.84. The third-order valence-electron chi connectivity index (χ3n) is 17.9. The van der Waals surface area contributed by atoms with E-state index in [9.17, 15) is 0 Å². The highest BCUT2D eigenvalue weighted by Gasteiger charge is 3.29. The van der Waals surface area contributed by atoms with Gasteiger partial charge >= 0.3 is 0 Å². The molecule has 0 bridgehead atoms. The normalized spacial score (nSPS) is 84.9. The SMILES string of the molecule is CCC1C(C2CC(C)C3BCC4C5NCC5CC45C3C5(C)C2(C)C)C23C(C)C4N5C46C2S56C13C. The summed E-state index contributed by atoms with van der Waals surface area (Å²) in [6, 6.07) is 1.96. The van der Waals surface area contributed by atoms with Crippen LogP contribution in [0, 0.1) is 69.0 Å². The molecule has 19 atom stereocenters. The molecule has 5 aliphatic carbocycles. The van der Waals surface area contributed by atoms with Gasteiger partial charge in [-0.05, 0) is 89.9 Å². The van der Waals surface area contributed by atoms with E-state index in [4.69, 9.17) is 0 Å². The number of fused-ring (bicyclic) bond motifs is 3. The van der Waals surface area contributed by atoms with Crippen molar-refractivity contribution in [1.29, 1.82) is 0 Å². The second kappa shape index (κ2) is 4.47. The van der Waals surface area contributed by atoms with Crippen LogP contribution in [0.25, 0.3) is 0 Å². The van der Waals surface area contributed by atoms with Gasteiger partial charge in [-0.1, -0.05) is 60.1 Å². The minimum Gasteiger partial charge on any atom is -0.313 e. The molecule has 0 amide bonds. The molecule has 0 radical (unpaired) electrons. The molecule has 19 unspecified atom stereocenters. The maximum absolute atomic E-state index is 3.96. The molecule has 184 valence electrons. The summed E-state index contributed by atoms with van der Waals surface area (Å²) in [6.07, 6.45) is 6.17. The molecule has 11 fully saturated rings. The van der Waals surface area contributed by atoms with E-state index in [0.29, 0.717) is 16.2 Å². The van der Waals surface area contributed by atoms with Gasteiger partial charge in [0.05, 0.1) is 6.04 Å². The van der Waals surface area contributed by atoms with Crippen LogP contribution in [0.4, 0.5) is 0 Å². The van der Waals surface area contributed by atoms with Crippen LogP contribution in [0.3, 0.4) is 0 Å². The molecule has 0 aromatic heterocycles. The smallest absolute Gasteiger partial charge is 0.125 e. The first-order valence-corrected chi connectivity index (χ1v) is 17.1. The number of piperidine rings is 1. The summed E-state index contributed by atoms with van der Waals surface area (Å²) in [6.45, 7) is 20.9. The molecule has 6 saturated heterocycles. The molecule has 2 nitrogen and oxygen atoms in total. The zero-order valence-electron chi connectivity index (χ0n) is 22.5. The Morgan fingerprint density at radius 3 is 2.59 bits per heavy atom. The summed E-state index contributed by atoms with van der Waals surface area (Å²) in [4.78, 5) is 0.868. The predicted octanol–water partition coefficient (Wildman–Crippen LogP) is 5.12. The zero-order valence-corrected chi connectivity index (χ0v) is 23.3. The topological polar surface area (TPSA) is 15.0 Å². The Hall–Kier alpha value is 0.335. The Balaban J connectivity index is 1.08. The molecule has 34 heavy (non-hydrogen) atoms. The van der Waals surface area contributed by atoms with Gasteiger partial charge in [0.2, 0.25) is 0 Å². The van der Waals surface area contributed by atoms with Gasteiger partial charge in [-0.15, -0.1) is 10.2 Å². The molecule has 6 heterocycles. The summed E-state index contributed by atoms with van der Waals surface area (Å²) in [5, 5.41) is 5.18. The molecule has 11 rings (SSSR count). The molecule has 4 spiro atoms. The van der Waals surface area contributed by atoms with Gasteiger partial charge in [0, 0.05) is 21.5 Å². The zero-order chi connectivity index (χ0) is 23.0. The minimum absolute atomic E-state index is 0.256. The lowest BCUT2D eigenvalue weighted by molar-refractivity contribution is -0.202. The lowest BCUT2D eigenvalue weighted by atomic mass is 9.35. The Morgan fingerprint density at radius 1 is 1.12 bits per heavy atom. The van der Waals surface area contributed by atoms with Crippen LogP contribution < -0.4 is 5.32 Å². The highest BCUT2D eigenvalue weighted by atomic mass is 32.3. The second-order valence-corrected chi connectivity index (χ2v) is 20.5. The maximum atomic E-state index is 3.96. The van der Waals surface area contributed by atoms with E-state index in [1.54, 1.807) is 26.4 Å². The van der Waals surface area contributed by atoms with Crippen LogP contribution in [0.5, 0.6) is 0 Å². The van der Waals surface area contributed by atoms with Crippen LogP contribution in [0.2, 0.25) is 12.1 Å². The van der Waals surface area contributed by atoms with E-state index in [-0.39, 0.29) is 10.2 Å². The molecule has 6 aliphatic heterocycles. The van der Waals surface area contributed by atoms with Crippen molar-refractivity contribution >= 4 is 17.5 Å². The van der Waals surface area contributed by atoms with E-state index in [1.807, 2.05) is 0 Å². The highest BCUT2D eigenvalue weighted by molar-refractivity contribution is 8.49. The van der Waals surface area contributed by atoms with Gasteiger partial charge in [0.1, 0.15) is 12.2 Å². The van der Waals surface area contributed by atoms with E-state index in [2.05, 4.69) is 58.1 Å². The number of nitrogens with zero attached hydrogens (tertiary/aromatic N) is 1. The van der Waals surface area contributed by atoms with E-state index < -0.39 is 0 Å². The van der Waals surface area contributed by atoms with Crippen LogP contribution >= 0.6 is 10.2 Å². The van der Waals surface area contributed by atoms with Crippen molar-refractivity contribution in [3.05, 3.63) is 0 Å². The fourth-order valence-corrected chi connectivity index (χ4v) is 25.4. The second-order valence-electron chi connectivity index (χ2n) is 16.9. The van der Waals surface area contributed by atoms with Crippen LogP contribution in [0.15, 0.2) is 0 Å². The number of hydrogen-bond donors (Lipinski definition) is 1. The van der Waals surface area contributed by atoms with Crippen molar-refractivity contribution in [3.63, 3.8) is 0 Å². The van der Waals surface area contributed by atoms with Gasteiger partial charge in [-0.25, -0.2) is 4.31 Å². The number of nitrogens with one attached hydrogen (secondary N) is 1. The molecule has 11 aliphatic rings. The molecule has 5 saturated carbocycles. The molecule has 4 heteroatoms. The van der Waals surface area contributed by atoms with Crippen molar-refractivity contribution in [2.24, 2.45) is 69.0 Å². The van der Waals surface area contributed by atoms with Crippen molar-refractivity contribution in [1.82, 2.24) is 9.62 Å². The van der Waals surface area contributed by atoms with E-state index in [1.165, 1.54) is 18.2 Å². The Bertz CT molecular complexity index is 1150. The first-order chi connectivity index (χ1) is 16.2. The Morgan fingerprint density at radius 2 is 1.91 bits per heavy atom. The lowest BCUT2D eigenvalue weighted by Gasteiger charge is -2.85. The molecule has 0 aromatic rings. The molecular weight excluding hydrogens is 431 g/mol. The largest absolute Gasteiger partial charge is 0.313 e. The van der Waals surface area contributed by atoms with Crippen molar-refractivity contribution in [2.75, 3.05) is 6.54 Å². The maximum Gasteiger partial charge on any atom is 0.125 e. The summed E-state index contributed by atoms with van der Waals surface area (Å²) >= 11 is 0. The molecular formula is C30H45BN2S. The van der Waals surface area contributed by atoms with Crippen LogP contribution in [0.1, 0.15) is 67.7 Å². The third-order valence-corrected chi connectivity index (χ3v) is 23.6. The summed E-state index contributed by atoms with van der Waals surface area (Å²) < 4.78 is 3.88. The average molecular weight is 477 g/mol. The monoisotopic (exact) mass is 476 g/mol. The molecule has 0 aromatic carbocycles. The minimum atomic E-state index is -0.256. The van der Waals surface area contributed by atoms with Gasteiger partial charge in [-0.3, -0.25) is 0 Å². The van der Waals surface area contributed by atoms with E-state index >= 15 is 0 Å². The Labute approximate surface area is 209 Å². The van der Waals surface area contributed by atoms with Gasteiger partial charge in [0.25, 0.3) is 0 Å². The fourth-order valence-electron chi connectivity index (χ4n) is 17.2. The van der Waals surface area contributed by atoms with Gasteiger partial charge in [0.15, 0.2) is 0 Å². The van der Waals surface area contributed by atoms with Crippen molar-refractivity contribution in [2.45, 2.75) is 107 Å². The quantitative estimate of drug-likeness (QED) is 0.440. The molecule has 1 N–H and O–H groups in total. The standard InChI is InChI=1S/C30H45BN2S/c1-8-16-19(29-14(3)23-30-24(29)34(30,33(23)30)27(16,29)7)17-9-13(2)20-22-26(6,25(17,4)5)28(22)10-15-12-32-21(15)18(28)11-31-20/h13-24,31-32H,8-12H2,1-7H3. The summed E-state index contributed by atoms with van der Waals surface area (Å²) in [5.41, 5.74) is 2.57. The van der Waals surface area contributed by atoms with Gasteiger partial charge in [-0.2, -0.15) is 0 Å².